The molecule has 21 heavy (non-hydrogen) atoms. The summed E-state index contributed by atoms with van der Waals surface area (Å²) >= 11 is 0. The molecule has 0 aliphatic heterocycles. The van der Waals surface area contributed by atoms with E-state index in [-0.39, 0.29) is 12.4 Å². The number of aromatic nitrogens is 3. The van der Waals surface area contributed by atoms with Crippen molar-refractivity contribution in [1.82, 2.24) is 15.2 Å². The van der Waals surface area contributed by atoms with Gasteiger partial charge in [0.2, 0.25) is 0 Å². The summed E-state index contributed by atoms with van der Waals surface area (Å²) in [6.45, 7) is 0. The minimum atomic E-state index is -0.893. The molecule has 0 fully saturated rings. The molecule has 0 aliphatic rings. The van der Waals surface area contributed by atoms with Crippen LogP contribution in [-0.4, -0.2) is 26.3 Å². The Hall–Kier alpha value is -3.02. The van der Waals surface area contributed by atoms with Gasteiger partial charge in [-0.2, -0.15) is 4.98 Å². The topological polar surface area (TPSA) is 85.2 Å². The van der Waals surface area contributed by atoms with E-state index in [1.165, 1.54) is 0 Å². The van der Waals surface area contributed by atoms with E-state index in [9.17, 15) is 4.79 Å². The molecule has 1 N–H and O–H groups in total. The summed E-state index contributed by atoms with van der Waals surface area (Å²) in [6, 6.07) is 14.3. The van der Waals surface area contributed by atoms with Crippen LogP contribution in [0.15, 0.2) is 48.5 Å². The summed E-state index contributed by atoms with van der Waals surface area (Å²) in [5.41, 5.74) is 2.02. The van der Waals surface area contributed by atoms with Gasteiger partial charge in [-0.15, -0.1) is 5.10 Å². The summed E-state index contributed by atoms with van der Waals surface area (Å²) in [7, 11) is 0. The van der Waals surface area contributed by atoms with E-state index in [4.69, 9.17) is 9.84 Å². The molecule has 3 rings (SSSR count). The zero-order valence-corrected chi connectivity index (χ0v) is 10.9. The first kappa shape index (κ1) is 13.0. The molecular weight excluding hydrogens is 270 g/mol. The van der Waals surface area contributed by atoms with Crippen LogP contribution >= 0.6 is 0 Å². The van der Waals surface area contributed by atoms with Crippen LogP contribution in [0.5, 0.6) is 11.8 Å². The van der Waals surface area contributed by atoms with E-state index in [0.29, 0.717) is 22.3 Å². The zero-order chi connectivity index (χ0) is 14.7. The van der Waals surface area contributed by atoms with Crippen molar-refractivity contribution in [2.45, 2.75) is 6.42 Å². The molecule has 2 aromatic carbocycles. The number of rotatable bonds is 4. The van der Waals surface area contributed by atoms with Crippen molar-refractivity contribution >= 4 is 17.0 Å². The van der Waals surface area contributed by atoms with E-state index < -0.39 is 5.97 Å². The number of para-hydroxylation sites is 1. The van der Waals surface area contributed by atoms with Crippen molar-refractivity contribution in [3.8, 4) is 11.8 Å². The van der Waals surface area contributed by atoms with Crippen LogP contribution in [0.3, 0.4) is 0 Å². The second-order valence-electron chi connectivity index (χ2n) is 4.40. The first-order valence-corrected chi connectivity index (χ1v) is 6.29. The number of benzene rings is 2. The number of hydrogen-bond donors (Lipinski definition) is 1. The summed E-state index contributed by atoms with van der Waals surface area (Å²) < 4.78 is 5.53. The predicted octanol–water partition coefficient (Wildman–Crippen LogP) is 2.44. The quantitative estimate of drug-likeness (QED) is 0.790. The zero-order valence-electron chi connectivity index (χ0n) is 10.9. The van der Waals surface area contributed by atoms with Crippen LogP contribution < -0.4 is 4.74 Å². The number of hydrogen-bond acceptors (Lipinski definition) is 5. The lowest BCUT2D eigenvalue weighted by molar-refractivity contribution is -0.136. The molecule has 0 aliphatic carbocycles. The monoisotopic (exact) mass is 281 g/mol. The van der Waals surface area contributed by atoms with Crippen LogP contribution in [-0.2, 0) is 11.2 Å². The maximum atomic E-state index is 10.7. The average molecular weight is 281 g/mol. The Morgan fingerprint density at radius 2 is 1.86 bits per heavy atom. The standard InChI is InChI=1S/C15H11N3O3/c19-14(20)9-10-4-3-5-11(8-10)21-15-16-12-6-1-2-7-13(12)17-18-15/h1-8H,9H2,(H,19,20). The maximum absolute atomic E-state index is 10.7. The Labute approximate surface area is 120 Å². The van der Waals surface area contributed by atoms with Gasteiger partial charge in [0.05, 0.1) is 11.9 Å². The average Bonchev–Trinajstić information content (AvgIpc) is 2.47. The summed E-state index contributed by atoms with van der Waals surface area (Å²) in [6.07, 6.45) is -0.0615. The Morgan fingerprint density at radius 1 is 1.05 bits per heavy atom. The van der Waals surface area contributed by atoms with Crippen molar-refractivity contribution in [3.63, 3.8) is 0 Å². The third kappa shape index (κ3) is 3.11. The van der Waals surface area contributed by atoms with E-state index in [2.05, 4.69) is 15.2 Å². The number of nitrogens with zero attached hydrogens (tertiary/aromatic N) is 3. The fourth-order valence-electron chi connectivity index (χ4n) is 1.91. The molecule has 0 unspecified atom stereocenters. The Morgan fingerprint density at radius 3 is 2.67 bits per heavy atom. The van der Waals surface area contributed by atoms with Crippen LogP contribution in [0.2, 0.25) is 0 Å². The maximum Gasteiger partial charge on any atom is 0.341 e. The van der Waals surface area contributed by atoms with Crippen LogP contribution in [0.1, 0.15) is 5.56 Å². The minimum absolute atomic E-state index is 0.0615. The Balaban J connectivity index is 1.86. The van der Waals surface area contributed by atoms with Crippen molar-refractivity contribution in [2.24, 2.45) is 0 Å². The van der Waals surface area contributed by atoms with Crippen molar-refractivity contribution in [3.05, 3.63) is 54.1 Å². The van der Waals surface area contributed by atoms with Crippen LogP contribution in [0.25, 0.3) is 11.0 Å². The molecule has 6 heteroatoms. The van der Waals surface area contributed by atoms with Gasteiger partial charge in [0.1, 0.15) is 11.3 Å². The van der Waals surface area contributed by atoms with E-state index in [1.54, 1.807) is 24.3 Å². The van der Waals surface area contributed by atoms with Crippen molar-refractivity contribution < 1.29 is 14.6 Å². The second kappa shape index (κ2) is 5.54. The third-order valence-corrected chi connectivity index (χ3v) is 2.80. The lowest BCUT2D eigenvalue weighted by Gasteiger charge is -2.05. The first-order valence-electron chi connectivity index (χ1n) is 6.29. The van der Waals surface area contributed by atoms with E-state index in [0.717, 1.165) is 0 Å². The highest BCUT2D eigenvalue weighted by molar-refractivity contribution is 5.73. The molecule has 0 spiro atoms. The highest BCUT2D eigenvalue weighted by Gasteiger charge is 2.06. The molecular formula is C15H11N3O3. The minimum Gasteiger partial charge on any atom is -0.481 e. The van der Waals surface area contributed by atoms with Gasteiger partial charge in [-0.1, -0.05) is 29.4 Å². The fraction of sp³-hybridized carbons (Fsp3) is 0.0667. The van der Waals surface area contributed by atoms with Gasteiger partial charge in [0, 0.05) is 0 Å². The predicted molar refractivity (Wildman–Crippen MR) is 75.2 cm³/mol. The number of ether oxygens (including phenoxy) is 1. The molecule has 0 amide bonds. The smallest absolute Gasteiger partial charge is 0.341 e. The first-order chi connectivity index (χ1) is 10.2. The van der Waals surface area contributed by atoms with Gasteiger partial charge in [-0.3, -0.25) is 4.79 Å². The number of carboxylic acid groups (broad SMARTS) is 1. The summed E-state index contributed by atoms with van der Waals surface area (Å²) in [5, 5.41) is 16.7. The van der Waals surface area contributed by atoms with E-state index in [1.807, 2.05) is 24.3 Å². The second-order valence-corrected chi connectivity index (χ2v) is 4.40. The summed E-state index contributed by atoms with van der Waals surface area (Å²) in [4.78, 5) is 15.0. The molecule has 0 bridgehead atoms. The molecule has 1 heterocycles. The highest BCUT2D eigenvalue weighted by atomic mass is 16.5. The van der Waals surface area contributed by atoms with Gasteiger partial charge >= 0.3 is 12.0 Å². The van der Waals surface area contributed by atoms with Crippen LogP contribution in [0, 0.1) is 0 Å². The normalized spacial score (nSPS) is 10.5. The fourth-order valence-corrected chi connectivity index (χ4v) is 1.91. The van der Waals surface area contributed by atoms with Crippen molar-refractivity contribution in [1.29, 1.82) is 0 Å². The number of carboxylic acids is 1. The van der Waals surface area contributed by atoms with Crippen LogP contribution in [0.4, 0.5) is 0 Å². The van der Waals surface area contributed by atoms with Crippen molar-refractivity contribution in [2.75, 3.05) is 0 Å². The summed E-state index contributed by atoms with van der Waals surface area (Å²) in [5.74, 6) is -0.415. The molecule has 104 valence electrons. The largest absolute Gasteiger partial charge is 0.481 e. The highest BCUT2D eigenvalue weighted by Crippen LogP contribution is 2.20. The van der Waals surface area contributed by atoms with Gasteiger partial charge in [0.25, 0.3) is 0 Å². The molecule has 3 aromatic rings. The molecule has 1 aromatic heterocycles. The number of carbonyl (C=O) groups is 1. The SMILES string of the molecule is O=C(O)Cc1cccc(Oc2nnc3ccccc3n2)c1. The molecule has 0 radical (unpaired) electrons. The van der Waals surface area contributed by atoms with Gasteiger partial charge in [-0.05, 0) is 29.8 Å². The molecule has 0 saturated carbocycles. The molecule has 0 atom stereocenters. The van der Waals surface area contributed by atoms with Gasteiger partial charge < -0.3 is 9.84 Å². The van der Waals surface area contributed by atoms with Gasteiger partial charge in [0.15, 0.2) is 0 Å². The lowest BCUT2D eigenvalue weighted by Crippen LogP contribution is -2.00. The number of fused-ring (bicyclic) bond motifs is 1. The lowest BCUT2D eigenvalue weighted by atomic mass is 10.1. The third-order valence-electron chi connectivity index (χ3n) is 2.80. The molecule has 6 nitrogen and oxygen atoms in total. The van der Waals surface area contributed by atoms with Gasteiger partial charge in [-0.25, -0.2) is 0 Å². The molecule has 0 saturated heterocycles. The van der Waals surface area contributed by atoms with E-state index >= 15 is 0 Å². The Kier molecular flexibility index (Phi) is 3.42. The number of aliphatic carboxylic acids is 1. The Bertz CT molecular complexity index is 805.